The van der Waals surface area contributed by atoms with Crippen molar-refractivity contribution < 1.29 is 4.79 Å². The van der Waals surface area contributed by atoms with Gasteiger partial charge in [-0.2, -0.15) is 0 Å². The Kier molecular flexibility index (Phi) is 2.93. The molecule has 1 aromatic carbocycles. The number of rotatable bonds is 2. The molecule has 3 nitrogen and oxygen atoms in total. The third-order valence-electron chi connectivity index (χ3n) is 2.39. The van der Waals surface area contributed by atoms with Gasteiger partial charge >= 0.3 is 0 Å². The van der Waals surface area contributed by atoms with Gasteiger partial charge in [0.2, 0.25) is 5.24 Å². The van der Waals surface area contributed by atoms with E-state index in [0.717, 1.165) is 5.69 Å². The van der Waals surface area contributed by atoms with Crippen molar-refractivity contribution in [2.75, 3.05) is 5.01 Å². The SMILES string of the molecule is CC1(C(=O)Cl)C=C(Cl)N(c2ccccc2)N1. The number of halogens is 2. The minimum absolute atomic E-state index is 0.433. The van der Waals surface area contributed by atoms with Crippen LogP contribution in [0.5, 0.6) is 0 Å². The second-order valence-electron chi connectivity index (χ2n) is 3.73. The van der Waals surface area contributed by atoms with E-state index in [1.54, 1.807) is 18.0 Å². The van der Waals surface area contributed by atoms with E-state index in [1.807, 2.05) is 30.3 Å². The van der Waals surface area contributed by atoms with Gasteiger partial charge < -0.3 is 0 Å². The highest BCUT2D eigenvalue weighted by Crippen LogP contribution is 2.29. The fourth-order valence-corrected chi connectivity index (χ4v) is 1.94. The normalized spacial score (nSPS) is 24.4. The van der Waals surface area contributed by atoms with Gasteiger partial charge in [0.25, 0.3) is 0 Å². The number of hydrogen-bond acceptors (Lipinski definition) is 3. The van der Waals surface area contributed by atoms with Crippen LogP contribution in [0.3, 0.4) is 0 Å². The number of anilines is 1. The molecule has 1 N–H and O–H groups in total. The Bertz CT molecular complexity index is 447. The van der Waals surface area contributed by atoms with Crippen molar-refractivity contribution in [3.05, 3.63) is 41.6 Å². The summed E-state index contributed by atoms with van der Waals surface area (Å²) in [5.74, 6) is 0. The van der Waals surface area contributed by atoms with Crippen LogP contribution in [0.4, 0.5) is 5.69 Å². The molecule has 2 rings (SSSR count). The van der Waals surface area contributed by atoms with Crippen molar-refractivity contribution in [1.82, 2.24) is 5.43 Å². The van der Waals surface area contributed by atoms with E-state index in [-0.39, 0.29) is 0 Å². The lowest BCUT2D eigenvalue weighted by Gasteiger charge is -2.24. The minimum atomic E-state index is -0.950. The largest absolute Gasteiger partial charge is 0.279 e. The molecule has 0 aliphatic carbocycles. The maximum absolute atomic E-state index is 11.3. The van der Waals surface area contributed by atoms with Crippen LogP contribution in [0.2, 0.25) is 0 Å². The molecule has 0 spiro atoms. The molecule has 0 aromatic heterocycles. The molecule has 0 radical (unpaired) electrons. The molecular weight excluding hydrogens is 247 g/mol. The third kappa shape index (κ3) is 1.94. The monoisotopic (exact) mass is 256 g/mol. The van der Waals surface area contributed by atoms with Gasteiger partial charge in [-0.25, -0.2) is 5.43 Å². The van der Waals surface area contributed by atoms with Crippen molar-refractivity contribution in [1.29, 1.82) is 0 Å². The zero-order chi connectivity index (χ0) is 11.8. The smallest absolute Gasteiger partial charge is 0.247 e. The minimum Gasteiger partial charge on any atom is -0.279 e. The van der Waals surface area contributed by atoms with E-state index in [4.69, 9.17) is 23.2 Å². The van der Waals surface area contributed by atoms with E-state index in [1.165, 1.54) is 0 Å². The van der Waals surface area contributed by atoms with Gasteiger partial charge in [0, 0.05) is 0 Å². The van der Waals surface area contributed by atoms with Gasteiger partial charge in [0.1, 0.15) is 10.7 Å². The standard InChI is InChI=1S/C11H10Cl2N2O/c1-11(10(13)16)7-9(12)15(14-11)8-5-3-2-4-6-8/h2-7,14H,1H3. The number of benzene rings is 1. The lowest BCUT2D eigenvalue weighted by atomic mass is 10.1. The zero-order valence-corrected chi connectivity index (χ0v) is 10.1. The summed E-state index contributed by atoms with van der Waals surface area (Å²) in [6.45, 7) is 1.67. The first-order valence-corrected chi connectivity index (χ1v) is 5.50. The Morgan fingerprint density at radius 2 is 2.00 bits per heavy atom. The summed E-state index contributed by atoms with van der Waals surface area (Å²) in [6, 6.07) is 9.45. The summed E-state index contributed by atoms with van der Waals surface area (Å²) in [7, 11) is 0. The number of nitrogens with one attached hydrogen (secondary N) is 1. The summed E-state index contributed by atoms with van der Waals surface area (Å²) in [5.41, 5.74) is 2.86. The molecule has 1 aliphatic rings. The first-order valence-electron chi connectivity index (χ1n) is 4.74. The number of para-hydroxylation sites is 1. The third-order valence-corrected chi connectivity index (χ3v) is 3.06. The number of carbonyl (C=O) groups excluding carboxylic acids is 1. The van der Waals surface area contributed by atoms with Crippen molar-refractivity contribution in [2.45, 2.75) is 12.5 Å². The highest BCUT2D eigenvalue weighted by molar-refractivity contribution is 6.66. The average molecular weight is 257 g/mol. The van der Waals surface area contributed by atoms with Crippen LogP contribution < -0.4 is 10.4 Å². The molecule has 1 heterocycles. The van der Waals surface area contributed by atoms with Gasteiger partial charge in [-0.3, -0.25) is 9.80 Å². The van der Waals surface area contributed by atoms with Gasteiger partial charge in [-0.15, -0.1) is 0 Å². The average Bonchev–Trinajstić information content (AvgIpc) is 2.57. The van der Waals surface area contributed by atoms with Crippen molar-refractivity contribution >= 4 is 34.1 Å². The first kappa shape index (κ1) is 11.5. The van der Waals surface area contributed by atoms with Gasteiger partial charge in [-0.1, -0.05) is 29.8 Å². The van der Waals surface area contributed by atoms with Gasteiger partial charge in [0.05, 0.1) is 5.69 Å². The molecule has 5 heteroatoms. The van der Waals surface area contributed by atoms with Gasteiger partial charge in [-0.05, 0) is 36.7 Å². The Labute approximate surface area is 104 Å². The molecule has 0 fully saturated rings. The van der Waals surface area contributed by atoms with Crippen LogP contribution >= 0.6 is 23.2 Å². The Morgan fingerprint density at radius 1 is 1.38 bits per heavy atom. The van der Waals surface area contributed by atoms with Crippen molar-refractivity contribution in [3.63, 3.8) is 0 Å². The van der Waals surface area contributed by atoms with Crippen LogP contribution in [0.1, 0.15) is 6.92 Å². The highest BCUT2D eigenvalue weighted by Gasteiger charge is 2.38. The molecule has 0 amide bonds. The molecule has 1 atom stereocenters. The maximum Gasteiger partial charge on any atom is 0.247 e. The number of hydrazine groups is 1. The predicted octanol–water partition coefficient (Wildman–Crippen LogP) is 2.62. The van der Waals surface area contributed by atoms with Crippen LogP contribution in [0.15, 0.2) is 41.6 Å². The maximum atomic E-state index is 11.3. The number of carbonyl (C=O) groups is 1. The molecule has 0 saturated carbocycles. The van der Waals surface area contributed by atoms with E-state index < -0.39 is 10.8 Å². The topological polar surface area (TPSA) is 32.3 Å². The quantitative estimate of drug-likeness (QED) is 0.653. The molecule has 1 aromatic rings. The molecule has 0 saturated heterocycles. The highest BCUT2D eigenvalue weighted by atomic mass is 35.5. The zero-order valence-electron chi connectivity index (χ0n) is 8.58. The molecule has 0 bridgehead atoms. The van der Waals surface area contributed by atoms with Crippen LogP contribution in [0, 0.1) is 0 Å². The van der Waals surface area contributed by atoms with E-state index in [2.05, 4.69) is 5.43 Å². The number of hydrogen-bond donors (Lipinski definition) is 1. The Morgan fingerprint density at radius 3 is 2.50 bits per heavy atom. The molecule has 84 valence electrons. The summed E-state index contributed by atoms with van der Waals surface area (Å²) < 4.78 is 0. The fourth-order valence-electron chi connectivity index (χ4n) is 1.49. The van der Waals surface area contributed by atoms with E-state index >= 15 is 0 Å². The van der Waals surface area contributed by atoms with Crippen molar-refractivity contribution in [3.8, 4) is 0 Å². The fraction of sp³-hybridized carbons (Fsp3) is 0.182. The van der Waals surface area contributed by atoms with Crippen LogP contribution in [0.25, 0.3) is 0 Å². The molecular formula is C11H10Cl2N2O. The Hall–Kier alpha value is -1.03. The van der Waals surface area contributed by atoms with E-state index in [0.29, 0.717) is 5.16 Å². The number of nitrogens with zero attached hydrogens (tertiary/aromatic N) is 1. The van der Waals surface area contributed by atoms with Crippen molar-refractivity contribution in [2.24, 2.45) is 0 Å². The van der Waals surface area contributed by atoms with E-state index in [9.17, 15) is 4.79 Å². The summed E-state index contributed by atoms with van der Waals surface area (Å²) >= 11 is 11.6. The van der Waals surface area contributed by atoms with Gasteiger partial charge in [0.15, 0.2) is 0 Å². The van der Waals surface area contributed by atoms with Crippen LogP contribution in [-0.2, 0) is 4.79 Å². The molecule has 1 unspecified atom stereocenters. The second-order valence-corrected chi connectivity index (χ2v) is 4.46. The lowest BCUT2D eigenvalue weighted by molar-refractivity contribution is -0.115. The predicted molar refractivity (Wildman–Crippen MR) is 65.3 cm³/mol. The summed E-state index contributed by atoms with van der Waals surface area (Å²) in [5, 5.41) is 1.56. The summed E-state index contributed by atoms with van der Waals surface area (Å²) in [6.07, 6.45) is 1.59. The molecule has 16 heavy (non-hydrogen) atoms. The molecule has 1 aliphatic heterocycles. The first-order chi connectivity index (χ1) is 7.53. The Balaban J connectivity index is 2.30. The second kappa shape index (κ2) is 4.09. The lowest BCUT2D eigenvalue weighted by Crippen LogP contribution is -2.48. The van der Waals surface area contributed by atoms with Crippen LogP contribution in [-0.4, -0.2) is 10.8 Å². The summed E-state index contributed by atoms with van der Waals surface area (Å²) in [4.78, 5) is 11.3.